The van der Waals surface area contributed by atoms with Gasteiger partial charge in [-0.3, -0.25) is 9.78 Å². The Morgan fingerprint density at radius 2 is 2.00 bits per heavy atom. The number of carbonyl (C=O) groups is 1. The molecule has 4 nitrogen and oxygen atoms in total. The highest BCUT2D eigenvalue weighted by Gasteiger charge is 2.35. The number of piperidine rings is 1. The van der Waals surface area contributed by atoms with Crippen molar-refractivity contribution in [2.24, 2.45) is 0 Å². The summed E-state index contributed by atoms with van der Waals surface area (Å²) < 4.78 is 0.724. The lowest BCUT2D eigenvalue weighted by Gasteiger charge is -2.38. The van der Waals surface area contributed by atoms with E-state index in [2.05, 4.69) is 16.9 Å². The van der Waals surface area contributed by atoms with Gasteiger partial charge in [-0.25, -0.2) is 4.98 Å². The summed E-state index contributed by atoms with van der Waals surface area (Å²) in [4.78, 5) is 22.7. The molecule has 3 rings (SSSR count). The quantitative estimate of drug-likeness (QED) is 0.851. The van der Waals surface area contributed by atoms with Crippen molar-refractivity contribution in [2.45, 2.75) is 25.2 Å². The molecule has 1 amide bonds. The topological polar surface area (TPSA) is 46.1 Å². The smallest absolute Gasteiger partial charge is 0.253 e. The number of hydrogen-bond donors (Lipinski definition) is 0. The number of halogens is 1. The van der Waals surface area contributed by atoms with Gasteiger partial charge in [0.1, 0.15) is 9.34 Å². The van der Waals surface area contributed by atoms with Crippen molar-refractivity contribution < 1.29 is 4.79 Å². The lowest BCUT2D eigenvalue weighted by Crippen LogP contribution is -2.43. The van der Waals surface area contributed by atoms with Gasteiger partial charge in [-0.1, -0.05) is 18.5 Å². The van der Waals surface area contributed by atoms with Crippen LogP contribution in [0, 0.1) is 0 Å². The summed E-state index contributed by atoms with van der Waals surface area (Å²) in [7, 11) is 0. The zero-order valence-electron chi connectivity index (χ0n) is 11.8. The molecule has 2 aromatic rings. The Balaban J connectivity index is 1.69. The molecule has 0 radical (unpaired) electrons. The molecule has 2 aromatic heterocycles. The number of pyridine rings is 1. The van der Waals surface area contributed by atoms with E-state index in [1.807, 2.05) is 4.90 Å². The second-order valence-corrected chi connectivity index (χ2v) is 7.22. The Hall–Kier alpha value is -1.46. The zero-order valence-corrected chi connectivity index (χ0v) is 13.3. The van der Waals surface area contributed by atoms with Gasteiger partial charge in [0, 0.05) is 36.5 Å². The second kappa shape index (κ2) is 5.73. The summed E-state index contributed by atoms with van der Waals surface area (Å²) in [6.07, 6.45) is 6.83. The summed E-state index contributed by atoms with van der Waals surface area (Å²) in [6.45, 7) is 3.69. The third-order valence-electron chi connectivity index (χ3n) is 4.08. The molecule has 0 N–H and O–H groups in total. The van der Waals surface area contributed by atoms with Gasteiger partial charge in [-0.15, -0.1) is 11.3 Å². The molecule has 1 fully saturated rings. The molecule has 0 saturated carbocycles. The molecule has 1 aliphatic heterocycles. The van der Waals surface area contributed by atoms with Crippen LogP contribution < -0.4 is 0 Å². The van der Waals surface area contributed by atoms with Crippen LogP contribution in [0.1, 0.15) is 35.1 Å². The molecule has 0 aromatic carbocycles. The van der Waals surface area contributed by atoms with Gasteiger partial charge in [0.05, 0.1) is 6.20 Å². The van der Waals surface area contributed by atoms with Crippen LogP contribution in [0.5, 0.6) is 0 Å². The molecule has 0 unspecified atom stereocenters. The molecular formula is C15H16ClN3OS. The van der Waals surface area contributed by atoms with Crippen LogP contribution in [0.15, 0.2) is 30.7 Å². The first-order chi connectivity index (χ1) is 10.1. The minimum Gasteiger partial charge on any atom is -0.339 e. The average Bonchev–Trinajstić information content (AvgIpc) is 2.96. The minimum atomic E-state index is 0.0207. The van der Waals surface area contributed by atoms with E-state index in [1.54, 1.807) is 42.1 Å². The molecule has 0 atom stereocenters. The Morgan fingerprint density at radius 3 is 2.57 bits per heavy atom. The number of carbonyl (C=O) groups excluding carboxylic acids is 1. The molecule has 0 bridgehead atoms. The van der Waals surface area contributed by atoms with E-state index in [1.165, 1.54) is 0 Å². The van der Waals surface area contributed by atoms with Crippen LogP contribution in [0.4, 0.5) is 0 Å². The van der Waals surface area contributed by atoms with Gasteiger partial charge < -0.3 is 4.90 Å². The number of nitrogens with zero attached hydrogens (tertiary/aromatic N) is 3. The first-order valence-electron chi connectivity index (χ1n) is 6.90. The largest absolute Gasteiger partial charge is 0.339 e. The van der Waals surface area contributed by atoms with Crippen molar-refractivity contribution >= 4 is 28.8 Å². The lowest BCUT2D eigenvalue weighted by atomic mass is 9.81. The highest BCUT2D eigenvalue weighted by molar-refractivity contribution is 7.15. The fourth-order valence-corrected chi connectivity index (χ4v) is 3.74. The van der Waals surface area contributed by atoms with Crippen molar-refractivity contribution in [1.29, 1.82) is 0 Å². The van der Waals surface area contributed by atoms with E-state index in [9.17, 15) is 4.79 Å². The van der Waals surface area contributed by atoms with Gasteiger partial charge in [0.25, 0.3) is 5.91 Å². The molecule has 1 aliphatic rings. The Morgan fingerprint density at radius 1 is 1.33 bits per heavy atom. The van der Waals surface area contributed by atoms with E-state index in [0.29, 0.717) is 5.56 Å². The Labute approximate surface area is 132 Å². The summed E-state index contributed by atoms with van der Waals surface area (Å²) in [5, 5.41) is 1.07. The number of rotatable bonds is 2. The maximum Gasteiger partial charge on any atom is 0.253 e. The number of thiazole rings is 1. The molecule has 21 heavy (non-hydrogen) atoms. The first kappa shape index (κ1) is 14.5. The van der Waals surface area contributed by atoms with E-state index in [0.717, 1.165) is 35.3 Å². The van der Waals surface area contributed by atoms with Gasteiger partial charge in [-0.2, -0.15) is 0 Å². The SMILES string of the molecule is CC1(c2ncc(Cl)s2)CCN(C(=O)c2ccncc2)CC1. The fraction of sp³-hybridized carbons (Fsp3) is 0.400. The second-order valence-electron chi connectivity index (χ2n) is 5.56. The zero-order chi connectivity index (χ0) is 14.9. The standard InChI is InChI=1S/C15H16ClN3OS/c1-15(14-18-10-12(16)21-14)4-8-19(9-5-15)13(20)11-2-6-17-7-3-11/h2-3,6-7,10H,4-5,8-9H2,1H3. The van der Waals surface area contributed by atoms with Crippen LogP contribution in [0.2, 0.25) is 4.34 Å². The predicted molar refractivity (Wildman–Crippen MR) is 83.9 cm³/mol. The van der Waals surface area contributed by atoms with Gasteiger partial charge in [0.2, 0.25) is 0 Å². The molecular weight excluding hydrogens is 306 g/mol. The normalized spacial score (nSPS) is 17.7. The highest BCUT2D eigenvalue weighted by Crippen LogP contribution is 2.38. The number of likely N-dealkylation sites (tertiary alicyclic amines) is 1. The van der Waals surface area contributed by atoms with Crippen LogP contribution in [0.25, 0.3) is 0 Å². The van der Waals surface area contributed by atoms with Crippen molar-refractivity contribution in [3.05, 3.63) is 45.6 Å². The molecule has 0 aliphatic carbocycles. The van der Waals surface area contributed by atoms with E-state index in [-0.39, 0.29) is 11.3 Å². The first-order valence-corrected chi connectivity index (χ1v) is 8.09. The molecule has 3 heterocycles. The Kier molecular flexibility index (Phi) is 3.95. The summed E-state index contributed by atoms with van der Waals surface area (Å²) in [5.41, 5.74) is 0.721. The predicted octanol–water partition coefficient (Wildman–Crippen LogP) is 3.39. The van der Waals surface area contributed by atoms with Gasteiger partial charge in [-0.05, 0) is 25.0 Å². The number of amides is 1. The fourth-order valence-electron chi connectivity index (χ4n) is 2.63. The number of hydrogen-bond acceptors (Lipinski definition) is 4. The van der Waals surface area contributed by atoms with Gasteiger partial charge >= 0.3 is 0 Å². The summed E-state index contributed by atoms with van der Waals surface area (Å²) >= 11 is 7.53. The highest BCUT2D eigenvalue weighted by atomic mass is 35.5. The van der Waals surface area contributed by atoms with Crippen LogP contribution in [0.3, 0.4) is 0 Å². The monoisotopic (exact) mass is 321 g/mol. The average molecular weight is 322 g/mol. The van der Waals surface area contributed by atoms with Gasteiger partial charge in [0.15, 0.2) is 0 Å². The van der Waals surface area contributed by atoms with Crippen LogP contribution >= 0.6 is 22.9 Å². The molecule has 110 valence electrons. The summed E-state index contributed by atoms with van der Waals surface area (Å²) in [5.74, 6) is 0.0802. The number of aromatic nitrogens is 2. The molecule has 1 saturated heterocycles. The summed E-state index contributed by atoms with van der Waals surface area (Å²) in [6, 6.07) is 3.52. The van der Waals surface area contributed by atoms with Crippen molar-refractivity contribution in [3.8, 4) is 0 Å². The van der Waals surface area contributed by atoms with Crippen LogP contribution in [-0.4, -0.2) is 33.9 Å². The third-order valence-corrected chi connectivity index (χ3v) is 5.50. The van der Waals surface area contributed by atoms with Crippen LogP contribution in [-0.2, 0) is 5.41 Å². The maximum atomic E-state index is 12.4. The van der Waals surface area contributed by atoms with Crippen molar-refractivity contribution in [2.75, 3.05) is 13.1 Å². The molecule has 6 heteroatoms. The van der Waals surface area contributed by atoms with E-state index in [4.69, 9.17) is 11.6 Å². The Bertz CT molecular complexity index is 635. The van der Waals surface area contributed by atoms with E-state index < -0.39 is 0 Å². The third kappa shape index (κ3) is 2.94. The minimum absolute atomic E-state index is 0.0207. The lowest BCUT2D eigenvalue weighted by molar-refractivity contribution is 0.0676. The van der Waals surface area contributed by atoms with E-state index >= 15 is 0 Å². The van der Waals surface area contributed by atoms with Crippen molar-refractivity contribution in [1.82, 2.24) is 14.9 Å². The maximum absolute atomic E-state index is 12.4. The van der Waals surface area contributed by atoms with Crippen molar-refractivity contribution in [3.63, 3.8) is 0 Å². The molecule has 0 spiro atoms.